The Hall–Kier alpha value is -0.0800. The van der Waals surface area contributed by atoms with Gasteiger partial charge in [0.05, 0.1) is 6.61 Å². The van der Waals surface area contributed by atoms with E-state index in [1.54, 1.807) is 0 Å². The highest BCUT2D eigenvalue weighted by molar-refractivity contribution is 4.80. The van der Waals surface area contributed by atoms with Gasteiger partial charge in [-0.1, -0.05) is 46.0 Å². The minimum Gasteiger partial charge on any atom is -0.384 e. The zero-order valence-corrected chi connectivity index (χ0v) is 11.8. The molecule has 0 aliphatic heterocycles. The highest BCUT2D eigenvalue weighted by Gasteiger charge is 2.27. The number of unbranched alkanes of at least 4 members (excludes halogenated alkanes) is 3. The van der Waals surface area contributed by atoms with Crippen molar-refractivity contribution in [1.82, 2.24) is 5.32 Å². The van der Waals surface area contributed by atoms with Gasteiger partial charge in [-0.2, -0.15) is 0 Å². The molecule has 1 N–H and O–H groups in total. The number of rotatable bonds is 11. The summed E-state index contributed by atoms with van der Waals surface area (Å²) in [6.07, 6.45) is 9.22. The molecule has 0 fully saturated rings. The van der Waals surface area contributed by atoms with Crippen LogP contribution in [0.25, 0.3) is 0 Å². The van der Waals surface area contributed by atoms with Crippen molar-refractivity contribution < 1.29 is 4.74 Å². The molecule has 0 rings (SSSR count). The summed E-state index contributed by atoms with van der Waals surface area (Å²) in [5.41, 5.74) is 0.367. The summed E-state index contributed by atoms with van der Waals surface area (Å²) in [5, 5.41) is 3.34. The zero-order valence-electron chi connectivity index (χ0n) is 11.8. The minimum atomic E-state index is 0.367. The topological polar surface area (TPSA) is 21.3 Å². The summed E-state index contributed by atoms with van der Waals surface area (Å²) in [6.45, 7) is 6.52. The van der Waals surface area contributed by atoms with Crippen LogP contribution in [0.4, 0.5) is 0 Å². The van der Waals surface area contributed by atoms with Crippen molar-refractivity contribution in [1.29, 1.82) is 0 Å². The predicted molar refractivity (Wildman–Crippen MR) is 71.9 cm³/mol. The second-order valence-corrected chi connectivity index (χ2v) is 5.02. The largest absolute Gasteiger partial charge is 0.384 e. The van der Waals surface area contributed by atoms with E-state index in [0.29, 0.717) is 5.41 Å². The summed E-state index contributed by atoms with van der Waals surface area (Å²) >= 11 is 0. The van der Waals surface area contributed by atoms with Crippen LogP contribution in [0.15, 0.2) is 0 Å². The molecule has 2 heteroatoms. The maximum atomic E-state index is 5.43. The summed E-state index contributed by atoms with van der Waals surface area (Å²) in [7, 11) is 3.87. The third kappa shape index (κ3) is 6.49. The Morgan fingerprint density at radius 1 is 1.00 bits per heavy atom. The first-order valence-electron chi connectivity index (χ1n) is 6.88. The third-order valence-corrected chi connectivity index (χ3v) is 3.34. The van der Waals surface area contributed by atoms with Gasteiger partial charge in [0.2, 0.25) is 0 Å². The first-order valence-corrected chi connectivity index (χ1v) is 6.88. The van der Waals surface area contributed by atoms with E-state index >= 15 is 0 Å². The fraction of sp³-hybridized carbons (Fsp3) is 1.00. The Balaban J connectivity index is 4.12. The molecule has 0 saturated heterocycles. The molecule has 0 bridgehead atoms. The monoisotopic (exact) mass is 229 g/mol. The van der Waals surface area contributed by atoms with Crippen LogP contribution >= 0.6 is 0 Å². The standard InChI is InChI=1S/C14H31NO/c1-5-7-8-9-11-14(10-6-2,12-15-3)13-16-4/h15H,5-13H2,1-4H3. The third-order valence-electron chi connectivity index (χ3n) is 3.34. The second-order valence-electron chi connectivity index (χ2n) is 5.02. The number of hydrogen-bond acceptors (Lipinski definition) is 2. The van der Waals surface area contributed by atoms with Gasteiger partial charge in [0.15, 0.2) is 0 Å². The molecule has 1 atom stereocenters. The maximum absolute atomic E-state index is 5.43. The molecule has 0 saturated carbocycles. The van der Waals surface area contributed by atoms with Gasteiger partial charge in [0, 0.05) is 19.1 Å². The van der Waals surface area contributed by atoms with Crippen molar-refractivity contribution in [2.24, 2.45) is 5.41 Å². The number of methoxy groups -OCH3 is 1. The van der Waals surface area contributed by atoms with E-state index in [0.717, 1.165) is 13.2 Å². The van der Waals surface area contributed by atoms with Gasteiger partial charge >= 0.3 is 0 Å². The van der Waals surface area contributed by atoms with E-state index in [1.807, 2.05) is 14.2 Å². The van der Waals surface area contributed by atoms with Gasteiger partial charge in [0.25, 0.3) is 0 Å². The van der Waals surface area contributed by atoms with Crippen molar-refractivity contribution in [3.05, 3.63) is 0 Å². The van der Waals surface area contributed by atoms with Crippen LogP contribution in [-0.4, -0.2) is 27.3 Å². The molecule has 0 spiro atoms. The number of ether oxygens (including phenoxy) is 1. The van der Waals surface area contributed by atoms with Crippen LogP contribution in [0, 0.1) is 5.41 Å². The summed E-state index contributed by atoms with van der Waals surface area (Å²) in [6, 6.07) is 0. The van der Waals surface area contributed by atoms with Crippen LogP contribution in [0.3, 0.4) is 0 Å². The normalized spacial score (nSPS) is 15.0. The molecule has 16 heavy (non-hydrogen) atoms. The lowest BCUT2D eigenvalue weighted by atomic mass is 9.79. The van der Waals surface area contributed by atoms with E-state index in [1.165, 1.54) is 44.9 Å². The van der Waals surface area contributed by atoms with E-state index in [-0.39, 0.29) is 0 Å². The Labute approximate surface area is 102 Å². The first kappa shape index (κ1) is 15.9. The van der Waals surface area contributed by atoms with E-state index in [4.69, 9.17) is 4.74 Å². The maximum Gasteiger partial charge on any atom is 0.0530 e. The lowest BCUT2D eigenvalue weighted by molar-refractivity contribution is 0.0628. The summed E-state index contributed by atoms with van der Waals surface area (Å²) in [4.78, 5) is 0. The van der Waals surface area contributed by atoms with E-state index in [9.17, 15) is 0 Å². The Bertz CT molecular complexity index is 131. The molecule has 0 aliphatic carbocycles. The van der Waals surface area contributed by atoms with Crippen molar-refractivity contribution in [2.75, 3.05) is 27.3 Å². The van der Waals surface area contributed by atoms with Crippen LogP contribution in [-0.2, 0) is 4.74 Å². The molecular formula is C14H31NO. The number of nitrogens with one attached hydrogen (secondary N) is 1. The molecule has 0 aliphatic rings. The highest BCUT2D eigenvalue weighted by atomic mass is 16.5. The van der Waals surface area contributed by atoms with Crippen molar-refractivity contribution >= 4 is 0 Å². The fourth-order valence-electron chi connectivity index (χ4n) is 2.64. The quantitative estimate of drug-likeness (QED) is 0.546. The predicted octanol–water partition coefficient (Wildman–Crippen LogP) is 3.61. The van der Waals surface area contributed by atoms with Crippen LogP contribution in [0.5, 0.6) is 0 Å². The molecule has 0 aromatic carbocycles. The molecule has 0 amide bonds. The van der Waals surface area contributed by atoms with Crippen LogP contribution < -0.4 is 5.32 Å². The fourth-order valence-corrected chi connectivity index (χ4v) is 2.64. The molecule has 0 radical (unpaired) electrons. The minimum absolute atomic E-state index is 0.367. The summed E-state index contributed by atoms with van der Waals surface area (Å²) < 4.78 is 5.43. The molecule has 1 unspecified atom stereocenters. The summed E-state index contributed by atoms with van der Waals surface area (Å²) in [5.74, 6) is 0. The average Bonchev–Trinajstić information content (AvgIpc) is 2.26. The van der Waals surface area contributed by atoms with Gasteiger partial charge in [-0.05, 0) is 19.9 Å². The molecule has 0 aromatic rings. The lowest BCUT2D eigenvalue weighted by Crippen LogP contribution is -2.36. The smallest absolute Gasteiger partial charge is 0.0530 e. The van der Waals surface area contributed by atoms with E-state index in [2.05, 4.69) is 19.2 Å². The highest BCUT2D eigenvalue weighted by Crippen LogP contribution is 2.30. The van der Waals surface area contributed by atoms with Crippen molar-refractivity contribution in [2.45, 2.75) is 58.8 Å². The van der Waals surface area contributed by atoms with Gasteiger partial charge in [-0.15, -0.1) is 0 Å². The molecule has 98 valence electrons. The van der Waals surface area contributed by atoms with Gasteiger partial charge in [-0.25, -0.2) is 0 Å². The second kappa shape index (κ2) is 10.1. The first-order chi connectivity index (χ1) is 7.74. The van der Waals surface area contributed by atoms with Crippen molar-refractivity contribution in [3.8, 4) is 0 Å². The van der Waals surface area contributed by atoms with Crippen LogP contribution in [0.2, 0.25) is 0 Å². The molecule has 0 heterocycles. The SMILES string of the molecule is CCCCCCC(CCC)(CNC)COC. The number of hydrogen-bond donors (Lipinski definition) is 1. The molecule has 2 nitrogen and oxygen atoms in total. The van der Waals surface area contributed by atoms with Crippen LogP contribution in [0.1, 0.15) is 58.8 Å². The van der Waals surface area contributed by atoms with Crippen molar-refractivity contribution in [3.63, 3.8) is 0 Å². The zero-order chi connectivity index (χ0) is 12.3. The van der Waals surface area contributed by atoms with E-state index < -0.39 is 0 Å². The molecule has 0 aromatic heterocycles. The Kier molecular flexibility index (Phi) is 10.0. The molecular weight excluding hydrogens is 198 g/mol. The van der Waals surface area contributed by atoms with Gasteiger partial charge < -0.3 is 10.1 Å². The Morgan fingerprint density at radius 3 is 2.25 bits per heavy atom. The average molecular weight is 229 g/mol. The van der Waals surface area contributed by atoms with Gasteiger partial charge in [0.1, 0.15) is 0 Å². The lowest BCUT2D eigenvalue weighted by Gasteiger charge is -2.33. The Morgan fingerprint density at radius 2 is 1.75 bits per heavy atom. The van der Waals surface area contributed by atoms with Gasteiger partial charge in [-0.3, -0.25) is 0 Å².